The summed E-state index contributed by atoms with van der Waals surface area (Å²) in [4.78, 5) is 34.6. The van der Waals surface area contributed by atoms with Crippen molar-refractivity contribution in [1.82, 2.24) is 15.2 Å². The number of carbonyl (C=O) groups excluding carboxylic acids is 2. The van der Waals surface area contributed by atoms with Crippen molar-refractivity contribution >= 4 is 34.9 Å². The number of nitrogens with zero attached hydrogens (tertiary/aromatic N) is 3. The van der Waals surface area contributed by atoms with Gasteiger partial charge in [-0.1, -0.05) is 31.9 Å². The van der Waals surface area contributed by atoms with Gasteiger partial charge < -0.3 is 20.4 Å². The molecule has 0 unspecified atom stereocenters. The van der Waals surface area contributed by atoms with E-state index >= 15 is 0 Å². The van der Waals surface area contributed by atoms with Gasteiger partial charge in [0.2, 0.25) is 5.91 Å². The number of piperazine rings is 1. The Balaban J connectivity index is 1.64. The highest BCUT2D eigenvalue weighted by Gasteiger charge is 2.26. The molecule has 2 atom stereocenters. The zero-order chi connectivity index (χ0) is 22.4. The van der Waals surface area contributed by atoms with E-state index in [1.165, 1.54) is 0 Å². The van der Waals surface area contributed by atoms with Crippen LogP contribution in [0.5, 0.6) is 0 Å². The number of pyridine rings is 1. The normalized spacial score (nSPS) is 16.5. The molecule has 1 saturated heterocycles. The monoisotopic (exact) mass is 443 g/mol. The first-order chi connectivity index (χ1) is 14.9. The van der Waals surface area contributed by atoms with Crippen molar-refractivity contribution in [3.63, 3.8) is 0 Å². The van der Waals surface area contributed by atoms with Crippen LogP contribution in [0.15, 0.2) is 42.6 Å². The minimum atomic E-state index is -0.662. The summed E-state index contributed by atoms with van der Waals surface area (Å²) in [7, 11) is 2.11. The Hall–Kier alpha value is -2.64. The molecule has 1 aromatic carbocycles. The molecule has 0 saturated carbocycles. The molecule has 2 N–H and O–H groups in total. The van der Waals surface area contributed by atoms with Crippen LogP contribution in [0.3, 0.4) is 0 Å². The summed E-state index contributed by atoms with van der Waals surface area (Å²) in [5.41, 5.74) is 1.07. The topological polar surface area (TPSA) is 77.6 Å². The fraction of sp³-hybridized carbons (Fsp3) is 0.435. The Morgan fingerprint density at radius 2 is 1.77 bits per heavy atom. The molecule has 1 aliphatic heterocycles. The van der Waals surface area contributed by atoms with E-state index in [4.69, 9.17) is 11.6 Å². The lowest BCUT2D eigenvalue weighted by Crippen LogP contribution is -2.47. The third kappa shape index (κ3) is 6.18. The molecule has 31 heavy (non-hydrogen) atoms. The zero-order valence-corrected chi connectivity index (χ0v) is 19.0. The van der Waals surface area contributed by atoms with Gasteiger partial charge in [0.1, 0.15) is 11.9 Å². The average molecular weight is 444 g/mol. The summed E-state index contributed by atoms with van der Waals surface area (Å²) in [6.07, 6.45) is 2.42. The summed E-state index contributed by atoms with van der Waals surface area (Å²) in [6, 6.07) is 9.71. The van der Waals surface area contributed by atoms with Gasteiger partial charge in [-0.05, 0) is 49.4 Å². The van der Waals surface area contributed by atoms with Gasteiger partial charge in [-0.3, -0.25) is 9.59 Å². The number of aromatic nitrogens is 1. The Morgan fingerprint density at radius 1 is 1.10 bits per heavy atom. The van der Waals surface area contributed by atoms with Crippen molar-refractivity contribution in [2.45, 2.75) is 26.3 Å². The van der Waals surface area contributed by atoms with Crippen LogP contribution in [-0.4, -0.2) is 61.0 Å². The highest BCUT2D eigenvalue weighted by molar-refractivity contribution is 6.30. The van der Waals surface area contributed by atoms with Crippen LogP contribution < -0.4 is 15.5 Å². The molecule has 0 radical (unpaired) electrons. The van der Waals surface area contributed by atoms with E-state index in [9.17, 15) is 9.59 Å². The molecule has 2 amide bonds. The first kappa shape index (κ1) is 23.0. The molecular weight excluding hydrogens is 414 g/mol. The third-order valence-electron chi connectivity index (χ3n) is 5.73. The van der Waals surface area contributed by atoms with E-state index in [2.05, 4.69) is 32.5 Å². The summed E-state index contributed by atoms with van der Waals surface area (Å²) >= 11 is 5.90. The van der Waals surface area contributed by atoms with Gasteiger partial charge in [-0.25, -0.2) is 4.98 Å². The quantitative estimate of drug-likeness (QED) is 0.686. The molecule has 0 bridgehead atoms. The number of hydrogen-bond acceptors (Lipinski definition) is 5. The maximum absolute atomic E-state index is 13.0. The zero-order valence-electron chi connectivity index (χ0n) is 18.3. The smallest absolute Gasteiger partial charge is 0.251 e. The van der Waals surface area contributed by atoms with Gasteiger partial charge >= 0.3 is 0 Å². The number of halogens is 1. The first-order valence-electron chi connectivity index (χ1n) is 10.6. The highest BCUT2D eigenvalue weighted by Crippen LogP contribution is 2.18. The SMILES string of the molecule is CC[C@H](C)[C@@H](NC(=O)c1ccc(Cl)cc1)C(=O)Nc1ccc(N2CCN(C)CC2)nc1. The number of carbonyl (C=O) groups is 2. The Labute approximate surface area is 188 Å². The molecule has 3 rings (SSSR count). The molecule has 2 heterocycles. The number of anilines is 2. The van der Waals surface area contributed by atoms with Crippen LogP contribution in [0.2, 0.25) is 5.02 Å². The number of nitrogens with one attached hydrogen (secondary N) is 2. The Kier molecular flexibility index (Phi) is 7.87. The molecule has 0 spiro atoms. The Morgan fingerprint density at radius 3 is 2.35 bits per heavy atom. The largest absolute Gasteiger partial charge is 0.354 e. The van der Waals surface area contributed by atoms with Gasteiger partial charge in [0, 0.05) is 36.8 Å². The molecule has 7 nitrogen and oxygen atoms in total. The van der Waals surface area contributed by atoms with Gasteiger partial charge in [0.15, 0.2) is 0 Å². The summed E-state index contributed by atoms with van der Waals surface area (Å²) in [6.45, 7) is 7.81. The Bertz CT molecular complexity index is 880. The second-order valence-electron chi connectivity index (χ2n) is 8.03. The number of rotatable bonds is 7. The molecule has 2 aromatic rings. The molecule has 1 fully saturated rings. The van der Waals surface area contributed by atoms with E-state index < -0.39 is 6.04 Å². The third-order valence-corrected chi connectivity index (χ3v) is 5.98. The second-order valence-corrected chi connectivity index (χ2v) is 8.46. The van der Waals surface area contributed by atoms with Gasteiger partial charge in [-0.15, -0.1) is 0 Å². The second kappa shape index (κ2) is 10.6. The fourth-order valence-electron chi connectivity index (χ4n) is 3.43. The number of benzene rings is 1. The predicted octanol–water partition coefficient (Wildman–Crippen LogP) is 3.27. The van der Waals surface area contributed by atoms with Crippen molar-refractivity contribution in [3.8, 4) is 0 Å². The van der Waals surface area contributed by atoms with E-state index in [1.54, 1.807) is 30.5 Å². The van der Waals surface area contributed by atoms with Crippen molar-refractivity contribution in [1.29, 1.82) is 0 Å². The molecule has 8 heteroatoms. The average Bonchev–Trinajstić information content (AvgIpc) is 2.78. The van der Waals surface area contributed by atoms with E-state index in [1.807, 2.05) is 26.0 Å². The van der Waals surface area contributed by atoms with Crippen LogP contribution in [0.1, 0.15) is 30.6 Å². The van der Waals surface area contributed by atoms with Gasteiger partial charge in [0.05, 0.1) is 11.9 Å². The minimum absolute atomic E-state index is 0.0335. The molecule has 1 aliphatic rings. The first-order valence-corrected chi connectivity index (χ1v) is 11.0. The van der Waals surface area contributed by atoms with E-state index in [0.717, 1.165) is 38.4 Å². The van der Waals surface area contributed by atoms with Crippen LogP contribution in [0, 0.1) is 5.92 Å². The maximum Gasteiger partial charge on any atom is 0.251 e. The van der Waals surface area contributed by atoms with Crippen LogP contribution in [0.4, 0.5) is 11.5 Å². The van der Waals surface area contributed by atoms with Crippen LogP contribution in [-0.2, 0) is 4.79 Å². The van der Waals surface area contributed by atoms with E-state index in [0.29, 0.717) is 16.3 Å². The molecular formula is C23H30ClN5O2. The lowest BCUT2D eigenvalue weighted by atomic mass is 9.97. The standard InChI is InChI=1S/C23H30ClN5O2/c1-4-16(2)21(27-22(30)17-5-7-18(24)8-6-17)23(31)26-19-9-10-20(25-15-19)29-13-11-28(3)12-14-29/h5-10,15-16,21H,4,11-14H2,1-3H3,(H,26,31)(H,27,30)/t16-,21+/m0/s1. The lowest BCUT2D eigenvalue weighted by Gasteiger charge is -2.33. The van der Waals surface area contributed by atoms with Crippen LogP contribution >= 0.6 is 11.6 Å². The summed E-state index contributed by atoms with van der Waals surface area (Å²) in [5.74, 6) is 0.306. The van der Waals surface area contributed by atoms with Crippen molar-refractivity contribution in [3.05, 3.63) is 53.2 Å². The maximum atomic E-state index is 13.0. The van der Waals surface area contributed by atoms with Crippen LogP contribution in [0.25, 0.3) is 0 Å². The van der Waals surface area contributed by atoms with Crippen molar-refractivity contribution in [2.24, 2.45) is 5.92 Å². The minimum Gasteiger partial charge on any atom is -0.354 e. The van der Waals surface area contributed by atoms with Gasteiger partial charge in [-0.2, -0.15) is 0 Å². The highest BCUT2D eigenvalue weighted by atomic mass is 35.5. The molecule has 166 valence electrons. The van der Waals surface area contributed by atoms with Crippen molar-refractivity contribution < 1.29 is 9.59 Å². The molecule has 0 aliphatic carbocycles. The fourth-order valence-corrected chi connectivity index (χ4v) is 3.56. The van der Waals surface area contributed by atoms with E-state index in [-0.39, 0.29) is 17.7 Å². The number of hydrogen-bond donors (Lipinski definition) is 2. The summed E-state index contributed by atoms with van der Waals surface area (Å²) < 4.78 is 0. The predicted molar refractivity (Wildman–Crippen MR) is 125 cm³/mol. The molecule has 1 aromatic heterocycles. The van der Waals surface area contributed by atoms with Gasteiger partial charge in [0.25, 0.3) is 5.91 Å². The van der Waals surface area contributed by atoms with Crippen molar-refractivity contribution in [2.75, 3.05) is 43.4 Å². The number of likely N-dealkylation sites (N-methyl/N-ethyl adjacent to an activating group) is 1. The number of amides is 2. The summed E-state index contributed by atoms with van der Waals surface area (Å²) in [5, 5.41) is 6.32. The lowest BCUT2D eigenvalue weighted by molar-refractivity contribution is -0.119.